The summed E-state index contributed by atoms with van der Waals surface area (Å²) in [5.74, 6) is 0.703. The minimum absolute atomic E-state index is 0.275. The molecule has 0 unspecified atom stereocenters. The van der Waals surface area contributed by atoms with Gasteiger partial charge in [-0.05, 0) is 43.3 Å². The number of esters is 1. The molecule has 3 heterocycles. The number of anilines is 1. The second kappa shape index (κ2) is 7.72. The van der Waals surface area contributed by atoms with E-state index in [1.54, 1.807) is 6.08 Å². The maximum atomic E-state index is 12.5. The number of hydrogen-bond acceptors (Lipinski definition) is 6. The summed E-state index contributed by atoms with van der Waals surface area (Å²) in [6.07, 6.45) is 1.78. The summed E-state index contributed by atoms with van der Waals surface area (Å²) in [6.45, 7) is 4.87. The first-order chi connectivity index (χ1) is 14.7. The lowest BCUT2D eigenvalue weighted by Gasteiger charge is -2.29. The Morgan fingerprint density at radius 2 is 1.83 bits per heavy atom. The fourth-order valence-electron chi connectivity index (χ4n) is 3.70. The fraction of sp³-hybridized carbons (Fsp3) is 0.208. The lowest BCUT2D eigenvalue weighted by molar-refractivity contribution is -0.129. The summed E-state index contributed by atoms with van der Waals surface area (Å²) >= 11 is 0. The van der Waals surface area contributed by atoms with E-state index in [2.05, 4.69) is 35.0 Å². The van der Waals surface area contributed by atoms with Crippen molar-refractivity contribution in [1.82, 2.24) is 4.98 Å². The van der Waals surface area contributed by atoms with Crippen LogP contribution in [-0.2, 0) is 14.3 Å². The smallest absolute Gasteiger partial charge is 0.363 e. The SMILES string of the molecule is Cc1ccc2nc(N3CCOCC3)c(/C=C3/N=C(c4ccccc4)OC3=O)cc2c1. The van der Waals surface area contributed by atoms with E-state index >= 15 is 0 Å². The Kier molecular flexibility index (Phi) is 4.77. The fourth-order valence-corrected chi connectivity index (χ4v) is 3.70. The molecule has 2 aliphatic heterocycles. The van der Waals surface area contributed by atoms with E-state index in [9.17, 15) is 4.79 Å². The molecule has 30 heavy (non-hydrogen) atoms. The summed E-state index contributed by atoms with van der Waals surface area (Å²) < 4.78 is 10.9. The number of benzene rings is 2. The lowest BCUT2D eigenvalue weighted by Crippen LogP contribution is -2.37. The molecule has 6 nitrogen and oxygen atoms in total. The first-order valence-electron chi connectivity index (χ1n) is 9.99. The van der Waals surface area contributed by atoms with Crippen molar-refractivity contribution in [1.29, 1.82) is 0 Å². The summed E-state index contributed by atoms with van der Waals surface area (Å²) in [6, 6.07) is 17.7. The molecule has 5 rings (SSSR count). The zero-order chi connectivity index (χ0) is 20.5. The number of pyridine rings is 1. The summed E-state index contributed by atoms with van der Waals surface area (Å²) in [4.78, 5) is 24.1. The van der Waals surface area contributed by atoms with Crippen LogP contribution in [0.25, 0.3) is 17.0 Å². The van der Waals surface area contributed by atoms with Gasteiger partial charge in [-0.2, -0.15) is 0 Å². The van der Waals surface area contributed by atoms with Crippen molar-refractivity contribution in [2.24, 2.45) is 4.99 Å². The number of rotatable bonds is 3. The molecule has 2 aromatic carbocycles. The molecule has 0 N–H and O–H groups in total. The number of fused-ring (bicyclic) bond motifs is 1. The van der Waals surface area contributed by atoms with Gasteiger partial charge in [0.15, 0.2) is 5.70 Å². The van der Waals surface area contributed by atoms with Crippen LogP contribution in [0.3, 0.4) is 0 Å². The van der Waals surface area contributed by atoms with Crippen molar-refractivity contribution < 1.29 is 14.3 Å². The number of cyclic esters (lactones) is 1. The third kappa shape index (κ3) is 3.57. The minimum atomic E-state index is -0.453. The zero-order valence-electron chi connectivity index (χ0n) is 16.7. The molecule has 0 spiro atoms. The molecule has 0 saturated carbocycles. The normalized spacial score (nSPS) is 18.0. The second-order valence-electron chi connectivity index (χ2n) is 7.40. The van der Waals surface area contributed by atoms with Crippen molar-refractivity contribution in [2.45, 2.75) is 6.92 Å². The molecular weight excluding hydrogens is 378 g/mol. The number of ether oxygens (including phenoxy) is 2. The van der Waals surface area contributed by atoms with Crippen LogP contribution in [0.4, 0.5) is 5.82 Å². The molecule has 1 saturated heterocycles. The molecule has 0 radical (unpaired) electrons. The van der Waals surface area contributed by atoms with E-state index < -0.39 is 5.97 Å². The Balaban J connectivity index is 1.61. The van der Waals surface area contributed by atoms with Crippen LogP contribution < -0.4 is 4.90 Å². The third-order valence-corrected chi connectivity index (χ3v) is 5.22. The topological polar surface area (TPSA) is 64.0 Å². The van der Waals surface area contributed by atoms with E-state index in [1.165, 1.54) is 0 Å². The highest BCUT2D eigenvalue weighted by molar-refractivity contribution is 6.13. The maximum absolute atomic E-state index is 12.5. The van der Waals surface area contributed by atoms with Gasteiger partial charge in [-0.1, -0.05) is 29.8 Å². The predicted molar refractivity (Wildman–Crippen MR) is 117 cm³/mol. The molecule has 1 aromatic heterocycles. The molecule has 2 aliphatic rings. The van der Waals surface area contributed by atoms with Gasteiger partial charge in [-0.3, -0.25) is 0 Å². The Hall–Kier alpha value is -3.51. The van der Waals surface area contributed by atoms with Crippen LogP contribution in [0.1, 0.15) is 16.7 Å². The summed E-state index contributed by atoms with van der Waals surface area (Å²) in [7, 11) is 0. The summed E-state index contributed by atoms with van der Waals surface area (Å²) in [5, 5.41) is 1.03. The first-order valence-corrected chi connectivity index (χ1v) is 9.99. The number of morpholine rings is 1. The number of carbonyl (C=O) groups is 1. The van der Waals surface area contributed by atoms with Gasteiger partial charge in [0.25, 0.3) is 0 Å². The summed E-state index contributed by atoms with van der Waals surface area (Å²) in [5.41, 5.74) is 3.98. The minimum Gasteiger partial charge on any atom is -0.402 e. The van der Waals surface area contributed by atoms with Crippen LogP contribution in [-0.4, -0.2) is 43.2 Å². The van der Waals surface area contributed by atoms with Gasteiger partial charge in [0.05, 0.1) is 18.7 Å². The molecule has 0 amide bonds. The number of carbonyl (C=O) groups excluding carboxylic acids is 1. The molecule has 3 aromatic rings. The molecule has 150 valence electrons. The van der Waals surface area contributed by atoms with Crippen LogP contribution in [0, 0.1) is 6.92 Å². The average molecular weight is 399 g/mol. The molecule has 1 fully saturated rings. The Morgan fingerprint density at radius 1 is 1.03 bits per heavy atom. The van der Waals surface area contributed by atoms with Crippen molar-refractivity contribution in [3.05, 3.63) is 77.0 Å². The molecule has 0 atom stereocenters. The number of aliphatic imine (C=N–C) groups is 1. The number of aromatic nitrogens is 1. The van der Waals surface area contributed by atoms with E-state index in [-0.39, 0.29) is 5.70 Å². The van der Waals surface area contributed by atoms with E-state index in [0.29, 0.717) is 19.1 Å². The Morgan fingerprint density at radius 3 is 2.63 bits per heavy atom. The van der Waals surface area contributed by atoms with Crippen molar-refractivity contribution in [2.75, 3.05) is 31.2 Å². The van der Waals surface area contributed by atoms with Gasteiger partial charge in [0, 0.05) is 29.6 Å². The van der Waals surface area contributed by atoms with Gasteiger partial charge in [0.1, 0.15) is 5.82 Å². The highest BCUT2D eigenvalue weighted by Gasteiger charge is 2.25. The van der Waals surface area contributed by atoms with E-state index in [0.717, 1.165) is 46.5 Å². The van der Waals surface area contributed by atoms with Crippen LogP contribution >= 0.6 is 0 Å². The number of nitrogens with zero attached hydrogens (tertiary/aromatic N) is 3. The molecular formula is C24H21N3O3. The molecule has 0 aliphatic carbocycles. The highest BCUT2D eigenvalue weighted by atomic mass is 16.6. The predicted octanol–water partition coefficient (Wildman–Crippen LogP) is 3.72. The standard InChI is InChI=1S/C24H21N3O3/c1-16-7-8-20-18(13-16)14-19(22(25-20)27-9-11-29-12-10-27)15-21-24(28)30-23(26-21)17-5-3-2-4-6-17/h2-8,13-15H,9-12H2,1H3/b21-15+. The first kappa shape index (κ1) is 18.5. The highest BCUT2D eigenvalue weighted by Crippen LogP contribution is 2.29. The van der Waals surface area contributed by atoms with Crippen LogP contribution in [0.2, 0.25) is 0 Å². The van der Waals surface area contributed by atoms with Crippen molar-refractivity contribution in [3.8, 4) is 0 Å². The van der Waals surface area contributed by atoms with Gasteiger partial charge >= 0.3 is 5.97 Å². The van der Waals surface area contributed by atoms with Gasteiger partial charge in [-0.25, -0.2) is 14.8 Å². The van der Waals surface area contributed by atoms with Gasteiger partial charge < -0.3 is 14.4 Å². The molecule has 0 bridgehead atoms. The van der Waals surface area contributed by atoms with Crippen LogP contribution in [0.5, 0.6) is 0 Å². The second-order valence-corrected chi connectivity index (χ2v) is 7.40. The van der Waals surface area contributed by atoms with E-state index in [4.69, 9.17) is 14.5 Å². The quantitative estimate of drug-likeness (QED) is 0.496. The van der Waals surface area contributed by atoms with Gasteiger partial charge in [-0.15, -0.1) is 0 Å². The average Bonchev–Trinajstić information content (AvgIpc) is 3.15. The van der Waals surface area contributed by atoms with Crippen molar-refractivity contribution >= 4 is 34.7 Å². The zero-order valence-corrected chi connectivity index (χ0v) is 16.7. The largest absolute Gasteiger partial charge is 0.402 e. The monoisotopic (exact) mass is 399 g/mol. The van der Waals surface area contributed by atoms with Gasteiger partial charge in [0.2, 0.25) is 5.90 Å². The maximum Gasteiger partial charge on any atom is 0.363 e. The van der Waals surface area contributed by atoms with E-state index in [1.807, 2.05) is 36.4 Å². The molecule has 6 heteroatoms. The third-order valence-electron chi connectivity index (χ3n) is 5.22. The Bertz CT molecular complexity index is 1180. The van der Waals surface area contributed by atoms with Crippen molar-refractivity contribution in [3.63, 3.8) is 0 Å². The Labute approximate surface area is 174 Å². The number of aryl methyl sites for hydroxylation is 1. The van der Waals surface area contributed by atoms with Crippen LogP contribution in [0.15, 0.2) is 65.3 Å². The number of hydrogen-bond donors (Lipinski definition) is 0. The lowest BCUT2D eigenvalue weighted by atomic mass is 10.1.